The van der Waals surface area contributed by atoms with Crippen molar-refractivity contribution in [1.82, 2.24) is 15.0 Å². The summed E-state index contributed by atoms with van der Waals surface area (Å²) in [4.78, 5) is 30.0. The molecule has 214 valence electrons. The number of aromatic nitrogens is 3. The maximum atomic E-state index is 13.5. The van der Waals surface area contributed by atoms with Crippen molar-refractivity contribution in [2.45, 2.75) is 59.6 Å². The first-order valence-electron chi connectivity index (χ1n) is 14.4. The van der Waals surface area contributed by atoms with E-state index >= 15 is 0 Å². The summed E-state index contributed by atoms with van der Waals surface area (Å²) < 4.78 is 7.02. The van der Waals surface area contributed by atoms with E-state index in [-0.39, 0.29) is 17.9 Å². The van der Waals surface area contributed by atoms with Gasteiger partial charge in [0.25, 0.3) is 5.91 Å². The molecule has 2 aromatic carbocycles. The number of amides is 1. The highest BCUT2D eigenvalue weighted by molar-refractivity contribution is 7.22. The Balaban J connectivity index is 1.29. The van der Waals surface area contributed by atoms with Gasteiger partial charge in [0, 0.05) is 36.0 Å². The average Bonchev–Trinajstić information content (AvgIpc) is 3.39. The van der Waals surface area contributed by atoms with Gasteiger partial charge in [-0.3, -0.25) is 10.1 Å². The molecule has 0 spiro atoms. The van der Waals surface area contributed by atoms with Crippen LogP contribution in [0.4, 0.5) is 10.9 Å². The molecule has 0 saturated heterocycles. The van der Waals surface area contributed by atoms with Gasteiger partial charge >= 0.3 is 0 Å². The zero-order chi connectivity index (χ0) is 29.4. The SMILES string of the molecule is Cc1c(-c2ccc(N3CCc4cccc(C(=O)Nc5nc6ccccc6s5)c4C3)nc2C(C)C)ccnc1OC(C)C. The molecule has 5 aromatic rings. The number of anilines is 2. The van der Waals surface area contributed by atoms with Gasteiger partial charge in [0.05, 0.1) is 22.0 Å². The number of benzene rings is 2. The molecule has 0 radical (unpaired) electrons. The van der Waals surface area contributed by atoms with Crippen LogP contribution in [0.1, 0.15) is 66.4 Å². The van der Waals surface area contributed by atoms with Crippen LogP contribution in [0, 0.1) is 6.92 Å². The third-order valence-corrected chi connectivity index (χ3v) is 8.56. The predicted molar refractivity (Wildman–Crippen MR) is 171 cm³/mol. The lowest BCUT2D eigenvalue weighted by molar-refractivity contribution is 0.102. The van der Waals surface area contributed by atoms with E-state index in [9.17, 15) is 4.79 Å². The fourth-order valence-electron chi connectivity index (χ4n) is 5.54. The maximum absolute atomic E-state index is 13.5. The number of carbonyl (C=O) groups excluding carboxylic acids is 1. The topological polar surface area (TPSA) is 80.2 Å². The van der Waals surface area contributed by atoms with Crippen LogP contribution in [0.2, 0.25) is 0 Å². The molecule has 42 heavy (non-hydrogen) atoms. The molecule has 8 heteroatoms. The van der Waals surface area contributed by atoms with Crippen molar-refractivity contribution in [1.29, 1.82) is 0 Å². The van der Waals surface area contributed by atoms with E-state index < -0.39 is 0 Å². The molecule has 1 N–H and O–H groups in total. The molecular formula is C34H35N5O2S. The first-order chi connectivity index (χ1) is 20.3. The summed E-state index contributed by atoms with van der Waals surface area (Å²) in [6.07, 6.45) is 2.70. The Morgan fingerprint density at radius 3 is 2.60 bits per heavy atom. The number of nitrogens with zero attached hydrogens (tertiary/aromatic N) is 4. The van der Waals surface area contributed by atoms with Gasteiger partial charge in [-0.05, 0) is 86.2 Å². The number of fused-ring (bicyclic) bond motifs is 2. The fourth-order valence-corrected chi connectivity index (χ4v) is 6.40. The Morgan fingerprint density at radius 2 is 1.81 bits per heavy atom. The molecule has 0 bridgehead atoms. The number of ether oxygens (including phenoxy) is 1. The molecule has 7 nitrogen and oxygen atoms in total. The van der Waals surface area contributed by atoms with Gasteiger partial charge in [0.1, 0.15) is 5.82 Å². The molecule has 3 aromatic heterocycles. The number of carbonyl (C=O) groups is 1. The van der Waals surface area contributed by atoms with E-state index in [1.54, 1.807) is 6.20 Å². The van der Waals surface area contributed by atoms with Crippen LogP contribution in [0.3, 0.4) is 0 Å². The van der Waals surface area contributed by atoms with Crippen molar-refractivity contribution in [2.24, 2.45) is 0 Å². The van der Waals surface area contributed by atoms with Gasteiger partial charge in [0.15, 0.2) is 5.13 Å². The minimum absolute atomic E-state index is 0.0479. The summed E-state index contributed by atoms with van der Waals surface area (Å²) in [5, 5.41) is 3.65. The quantitative estimate of drug-likeness (QED) is 0.213. The predicted octanol–water partition coefficient (Wildman–Crippen LogP) is 7.79. The summed E-state index contributed by atoms with van der Waals surface area (Å²) in [5.74, 6) is 1.66. The third kappa shape index (κ3) is 5.46. The summed E-state index contributed by atoms with van der Waals surface area (Å²) in [6, 6.07) is 20.2. The molecule has 0 fully saturated rings. The maximum Gasteiger partial charge on any atom is 0.257 e. The van der Waals surface area contributed by atoms with Gasteiger partial charge < -0.3 is 9.64 Å². The van der Waals surface area contributed by atoms with Gasteiger partial charge in [-0.15, -0.1) is 0 Å². The summed E-state index contributed by atoms with van der Waals surface area (Å²) >= 11 is 1.49. The Morgan fingerprint density at radius 1 is 0.976 bits per heavy atom. The Hall–Kier alpha value is -4.30. The largest absolute Gasteiger partial charge is 0.475 e. The summed E-state index contributed by atoms with van der Waals surface area (Å²) in [6.45, 7) is 11.9. The van der Waals surface area contributed by atoms with E-state index in [0.717, 1.165) is 56.9 Å². The van der Waals surface area contributed by atoms with Crippen molar-refractivity contribution in [3.8, 4) is 17.0 Å². The Bertz CT molecular complexity index is 1740. The van der Waals surface area contributed by atoms with Gasteiger partial charge in [-0.1, -0.05) is 49.4 Å². The van der Waals surface area contributed by atoms with Crippen LogP contribution in [0.5, 0.6) is 5.88 Å². The third-order valence-electron chi connectivity index (χ3n) is 7.61. The molecule has 4 heterocycles. The molecule has 1 aliphatic heterocycles. The van der Waals surface area contributed by atoms with Crippen molar-refractivity contribution in [3.63, 3.8) is 0 Å². The second-order valence-corrected chi connectivity index (χ2v) is 12.3. The van der Waals surface area contributed by atoms with Crippen molar-refractivity contribution >= 4 is 38.4 Å². The molecule has 0 unspecified atom stereocenters. The second-order valence-electron chi connectivity index (χ2n) is 11.3. The van der Waals surface area contributed by atoms with Crippen molar-refractivity contribution in [2.75, 3.05) is 16.8 Å². The van der Waals surface area contributed by atoms with Gasteiger partial charge in [0.2, 0.25) is 5.88 Å². The smallest absolute Gasteiger partial charge is 0.257 e. The van der Waals surface area contributed by atoms with Crippen LogP contribution >= 0.6 is 11.3 Å². The lowest BCUT2D eigenvalue weighted by Crippen LogP contribution is -2.33. The normalized spacial score (nSPS) is 13.1. The van der Waals surface area contributed by atoms with Crippen LogP contribution in [0.15, 0.2) is 66.9 Å². The molecular weight excluding hydrogens is 542 g/mol. The minimum Gasteiger partial charge on any atom is -0.475 e. The molecule has 0 saturated carbocycles. The van der Waals surface area contributed by atoms with Crippen molar-refractivity contribution in [3.05, 3.63) is 94.8 Å². The highest BCUT2D eigenvalue weighted by Crippen LogP contribution is 2.36. The summed E-state index contributed by atoms with van der Waals surface area (Å²) in [5.41, 5.74) is 8.04. The van der Waals surface area contributed by atoms with E-state index in [1.165, 1.54) is 16.9 Å². The van der Waals surface area contributed by atoms with E-state index in [0.29, 0.717) is 23.1 Å². The van der Waals surface area contributed by atoms with Crippen LogP contribution in [0.25, 0.3) is 21.3 Å². The number of para-hydroxylation sites is 1. The zero-order valence-electron chi connectivity index (χ0n) is 24.6. The lowest BCUT2D eigenvalue weighted by Gasteiger charge is -2.32. The molecule has 1 amide bonds. The number of hydrogen-bond donors (Lipinski definition) is 1. The highest BCUT2D eigenvalue weighted by Gasteiger charge is 2.25. The second kappa shape index (κ2) is 11.5. The fraction of sp³-hybridized carbons (Fsp3) is 0.294. The lowest BCUT2D eigenvalue weighted by atomic mass is 9.93. The number of nitrogens with one attached hydrogen (secondary N) is 1. The molecule has 6 rings (SSSR count). The Labute approximate surface area is 250 Å². The van der Waals surface area contributed by atoms with Crippen LogP contribution in [-0.4, -0.2) is 33.5 Å². The van der Waals surface area contributed by atoms with Crippen molar-refractivity contribution < 1.29 is 9.53 Å². The average molecular weight is 578 g/mol. The standard InChI is InChI=1S/C34H35N5O2S/c1-20(2)31-25(24-15-17-35-33(22(24)5)41-21(3)4)13-14-30(37-31)39-18-16-23-9-8-10-26(27(23)19-39)32(40)38-34-36-28-11-6-7-12-29(28)42-34/h6-15,17,20-21H,16,18-19H2,1-5H3,(H,36,38,40). The van der Waals surface area contributed by atoms with Gasteiger partial charge in [-0.25, -0.2) is 15.0 Å². The number of hydrogen-bond acceptors (Lipinski definition) is 7. The van der Waals surface area contributed by atoms with E-state index in [1.807, 2.05) is 56.3 Å². The number of thiazole rings is 1. The molecule has 1 aliphatic rings. The highest BCUT2D eigenvalue weighted by atomic mass is 32.1. The Kier molecular flexibility index (Phi) is 7.64. The van der Waals surface area contributed by atoms with Gasteiger partial charge in [-0.2, -0.15) is 0 Å². The van der Waals surface area contributed by atoms with Crippen LogP contribution < -0.4 is 15.0 Å². The first-order valence-corrected chi connectivity index (χ1v) is 15.3. The molecule has 0 aliphatic carbocycles. The van der Waals surface area contributed by atoms with E-state index in [4.69, 9.17) is 9.72 Å². The molecule has 0 atom stereocenters. The number of pyridine rings is 2. The number of rotatable bonds is 7. The van der Waals surface area contributed by atoms with Crippen LogP contribution in [-0.2, 0) is 13.0 Å². The minimum atomic E-state index is -0.133. The summed E-state index contributed by atoms with van der Waals surface area (Å²) in [7, 11) is 0. The monoisotopic (exact) mass is 577 g/mol. The van der Waals surface area contributed by atoms with E-state index in [2.05, 4.69) is 59.2 Å². The zero-order valence-corrected chi connectivity index (χ0v) is 25.5. The first kappa shape index (κ1) is 27.8.